The first-order chi connectivity index (χ1) is 10.4. The summed E-state index contributed by atoms with van der Waals surface area (Å²) in [7, 11) is 0. The van der Waals surface area contributed by atoms with Gasteiger partial charge in [0.2, 0.25) is 5.91 Å². The van der Waals surface area contributed by atoms with Gasteiger partial charge in [0.15, 0.2) is 0 Å². The van der Waals surface area contributed by atoms with Crippen LogP contribution in [0.5, 0.6) is 0 Å². The summed E-state index contributed by atoms with van der Waals surface area (Å²) >= 11 is 0. The number of nitrogens with one attached hydrogen (secondary N) is 2. The topological polar surface area (TPSA) is 44.9 Å². The molecule has 0 aliphatic carbocycles. The molecule has 3 nitrogen and oxygen atoms in total. The number of aromatic amines is 1. The molecule has 0 spiro atoms. The molecule has 0 saturated carbocycles. The molecular weight excluding hydrogens is 293 g/mol. The number of anilines is 1. The maximum atomic E-state index is 12.8. The third kappa shape index (κ3) is 1.94. The van der Waals surface area contributed by atoms with E-state index >= 15 is 0 Å². The molecule has 6 heteroatoms. The Morgan fingerprint density at radius 2 is 1.73 bits per heavy atom. The van der Waals surface area contributed by atoms with E-state index in [0.29, 0.717) is 23.7 Å². The Bertz CT molecular complexity index is 924. The molecular formula is C16H11F3N2O. The summed E-state index contributed by atoms with van der Waals surface area (Å²) in [4.78, 5) is 14.5. The van der Waals surface area contributed by atoms with Gasteiger partial charge in [-0.2, -0.15) is 13.2 Å². The number of rotatable bonds is 0. The van der Waals surface area contributed by atoms with Crippen molar-refractivity contribution in [2.24, 2.45) is 0 Å². The first-order valence-corrected chi connectivity index (χ1v) is 6.87. The lowest BCUT2D eigenvalue weighted by molar-refractivity contribution is -0.137. The van der Waals surface area contributed by atoms with E-state index in [1.807, 2.05) is 12.1 Å². The van der Waals surface area contributed by atoms with E-state index in [1.54, 1.807) is 0 Å². The molecule has 22 heavy (non-hydrogen) atoms. The first-order valence-electron chi connectivity index (χ1n) is 6.87. The maximum absolute atomic E-state index is 12.8. The normalized spacial score (nSPS) is 15.1. The summed E-state index contributed by atoms with van der Waals surface area (Å²) in [6.45, 7) is 0. The number of aryl methyl sites for hydroxylation is 1. The van der Waals surface area contributed by atoms with Crippen LogP contribution in [0.3, 0.4) is 0 Å². The Kier molecular flexibility index (Phi) is 2.55. The lowest BCUT2D eigenvalue weighted by atomic mass is 10.0. The average molecular weight is 304 g/mol. The third-order valence-corrected chi connectivity index (χ3v) is 4.05. The van der Waals surface area contributed by atoms with Gasteiger partial charge in [-0.15, -0.1) is 0 Å². The molecule has 2 aromatic carbocycles. The highest BCUT2D eigenvalue weighted by Gasteiger charge is 2.30. The molecule has 2 N–H and O–H groups in total. The fraction of sp³-hybridized carbons (Fsp3) is 0.188. The van der Waals surface area contributed by atoms with Gasteiger partial charge in [0.1, 0.15) is 0 Å². The second-order valence-corrected chi connectivity index (χ2v) is 5.49. The largest absolute Gasteiger partial charge is 0.416 e. The number of amides is 1. The Morgan fingerprint density at radius 1 is 0.955 bits per heavy atom. The Labute approximate surface area is 123 Å². The van der Waals surface area contributed by atoms with E-state index in [-0.39, 0.29) is 5.91 Å². The van der Waals surface area contributed by atoms with Gasteiger partial charge in [-0.1, -0.05) is 6.07 Å². The highest BCUT2D eigenvalue weighted by atomic mass is 19.4. The number of halogens is 3. The quantitative estimate of drug-likeness (QED) is 0.641. The molecule has 1 aliphatic rings. The van der Waals surface area contributed by atoms with Crippen LogP contribution in [0, 0.1) is 0 Å². The highest BCUT2D eigenvalue weighted by Crippen LogP contribution is 2.36. The summed E-state index contributed by atoms with van der Waals surface area (Å²) in [5, 5.41) is 4.33. The summed E-state index contributed by atoms with van der Waals surface area (Å²) in [5.74, 6) is -0.0361. The van der Waals surface area contributed by atoms with Crippen molar-refractivity contribution in [1.82, 2.24) is 4.98 Å². The van der Waals surface area contributed by atoms with Crippen LogP contribution in [0.4, 0.5) is 18.9 Å². The van der Waals surface area contributed by atoms with Crippen molar-refractivity contribution in [2.45, 2.75) is 19.0 Å². The zero-order chi connectivity index (χ0) is 15.5. The number of hydrogen-bond donors (Lipinski definition) is 2. The summed E-state index contributed by atoms with van der Waals surface area (Å²) < 4.78 is 38.4. The van der Waals surface area contributed by atoms with Gasteiger partial charge >= 0.3 is 6.18 Å². The fourth-order valence-corrected chi connectivity index (χ4v) is 2.96. The smallest absolute Gasteiger partial charge is 0.354 e. The van der Waals surface area contributed by atoms with E-state index in [1.165, 1.54) is 6.07 Å². The van der Waals surface area contributed by atoms with Gasteiger partial charge in [0, 0.05) is 33.9 Å². The number of H-pyrrole nitrogens is 1. The van der Waals surface area contributed by atoms with Gasteiger partial charge in [0.25, 0.3) is 0 Å². The number of alkyl halides is 3. The molecule has 1 aromatic heterocycles. The molecule has 1 aliphatic heterocycles. The van der Waals surface area contributed by atoms with E-state index in [4.69, 9.17) is 0 Å². The second kappa shape index (κ2) is 4.25. The second-order valence-electron chi connectivity index (χ2n) is 5.49. The van der Waals surface area contributed by atoms with Gasteiger partial charge in [0.05, 0.1) is 5.56 Å². The van der Waals surface area contributed by atoms with Crippen molar-refractivity contribution in [3.05, 3.63) is 41.5 Å². The van der Waals surface area contributed by atoms with Crippen LogP contribution in [-0.4, -0.2) is 10.9 Å². The Morgan fingerprint density at radius 3 is 2.50 bits per heavy atom. The van der Waals surface area contributed by atoms with E-state index < -0.39 is 11.7 Å². The molecule has 112 valence electrons. The zero-order valence-electron chi connectivity index (χ0n) is 11.3. The minimum absolute atomic E-state index is 0.0361. The average Bonchev–Trinajstić information content (AvgIpc) is 2.80. The van der Waals surface area contributed by atoms with Crippen molar-refractivity contribution in [3.8, 4) is 0 Å². The van der Waals surface area contributed by atoms with Crippen LogP contribution in [0.25, 0.3) is 21.8 Å². The van der Waals surface area contributed by atoms with Crippen LogP contribution < -0.4 is 5.32 Å². The fourth-order valence-electron chi connectivity index (χ4n) is 2.96. The number of fused-ring (bicyclic) bond motifs is 4. The van der Waals surface area contributed by atoms with Gasteiger partial charge in [-0.3, -0.25) is 4.79 Å². The number of carbonyl (C=O) groups is 1. The summed E-state index contributed by atoms with van der Waals surface area (Å²) in [6.07, 6.45) is -3.30. The lowest BCUT2D eigenvalue weighted by Crippen LogP contribution is -2.18. The molecule has 0 bridgehead atoms. The highest BCUT2D eigenvalue weighted by molar-refractivity contribution is 6.10. The molecule has 0 unspecified atom stereocenters. The summed E-state index contributed by atoms with van der Waals surface area (Å²) in [5.41, 5.74) is 2.28. The molecule has 0 atom stereocenters. The zero-order valence-corrected chi connectivity index (χ0v) is 11.3. The van der Waals surface area contributed by atoms with Crippen molar-refractivity contribution >= 4 is 33.4 Å². The Balaban J connectivity index is 1.96. The first kappa shape index (κ1) is 13.2. The van der Waals surface area contributed by atoms with E-state index in [9.17, 15) is 18.0 Å². The molecule has 3 aromatic rings. The maximum Gasteiger partial charge on any atom is 0.416 e. The molecule has 0 radical (unpaired) electrons. The third-order valence-electron chi connectivity index (χ3n) is 4.05. The minimum atomic E-state index is -4.36. The number of carbonyl (C=O) groups excluding carboxylic acids is 1. The molecule has 4 rings (SSSR count). The molecule has 2 heterocycles. The standard InChI is InChI=1S/C16H11F3N2O/c17-16(18,19)9-2-3-10-11-7-12-8(1-4-15(22)21-12)5-13(11)20-14(10)6-9/h2-3,5-7,20H,1,4H2,(H,21,22). The predicted molar refractivity (Wildman–Crippen MR) is 77.8 cm³/mol. The van der Waals surface area contributed by atoms with Crippen LogP contribution in [-0.2, 0) is 17.4 Å². The van der Waals surface area contributed by atoms with E-state index in [0.717, 1.165) is 34.3 Å². The number of benzene rings is 2. The van der Waals surface area contributed by atoms with Crippen LogP contribution in [0.2, 0.25) is 0 Å². The van der Waals surface area contributed by atoms with Gasteiger partial charge < -0.3 is 10.3 Å². The molecule has 0 saturated heterocycles. The van der Waals surface area contributed by atoms with Crippen molar-refractivity contribution in [3.63, 3.8) is 0 Å². The molecule has 0 fully saturated rings. The van der Waals surface area contributed by atoms with Crippen LogP contribution in [0.1, 0.15) is 17.5 Å². The Hall–Kier alpha value is -2.50. The monoisotopic (exact) mass is 304 g/mol. The van der Waals surface area contributed by atoms with Crippen LogP contribution in [0.15, 0.2) is 30.3 Å². The van der Waals surface area contributed by atoms with Crippen molar-refractivity contribution < 1.29 is 18.0 Å². The summed E-state index contributed by atoms with van der Waals surface area (Å²) in [6, 6.07) is 7.39. The van der Waals surface area contributed by atoms with Gasteiger partial charge in [-0.05, 0) is 36.2 Å². The van der Waals surface area contributed by atoms with Gasteiger partial charge in [-0.25, -0.2) is 0 Å². The number of hydrogen-bond acceptors (Lipinski definition) is 1. The van der Waals surface area contributed by atoms with Crippen LogP contribution >= 0.6 is 0 Å². The SMILES string of the molecule is O=C1CCc2cc3[nH]c4cc(C(F)(F)F)ccc4c3cc2N1. The van der Waals surface area contributed by atoms with E-state index in [2.05, 4.69) is 10.3 Å². The predicted octanol–water partition coefficient (Wildman–Crippen LogP) is 4.22. The minimum Gasteiger partial charge on any atom is -0.354 e. The van der Waals surface area contributed by atoms with Crippen molar-refractivity contribution in [1.29, 1.82) is 0 Å². The van der Waals surface area contributed by atoms with Crippen molar-refractivity contribution in [2.75, 3.05) is 5.32 Å². The lowest BCUT2D eigenvalue weighted by Gasteiger charge is -2.16. The molecule has 1 amide bonds. The number of aromatic nitrogens is 1.